The smallest absolute Gasteiger partial charge is 0.234 e. The van der Waals surface area contributed by atoms with Gasteiger partial charge in [-0.2, -0.15) is 0 Å². The molecule has 0 aromatic carbocycles. The Bertz CT molecular complexity index is 172. The van der Waals surface area contributed by atoms with E-state index in [0.29, 0.717) is 6.54 Å². The van der Waals surface area contributed by atoms with E-state index in [0.717, 1.165) is 26.2 Å². The molecular formula is C13H30N3OY-. The Kier molecular flexibility index (Phi) is 22.9. The van der Waals surface area contributed by atoms with Gasteiger partial charge in [-0.3, -0.25) is 9.69 Å². The molecule has 1 aliphatic rings. The van der Waals surface area contributed by atoms with Crippen LogP contribution in [-0.4, -0.2) is 49.6 Å². The predicted molar refractivity (Wildman–Crippen MR) is 75.5 cm³/mol. The third kappa shape index (κ3) is 14.6. The molecule has 1 radical (unpaired) electrons. The molecule has 1 N–H and O–H groups in total. The van der Waals surface area contributed by atoms with Crippen LogP contribution in [0.1, 0.15) is 41.5 Å². The summed E-state index contributed by atoms with van der Waals surface area (Å²) in [5.41, 5.74) is 0. The van der Waals surface area contributed by atoms with Crippen molar-refractivity contribution in [2.45, 2.75) is 47.6 Å². The molecule has 0 atom stereocenters. The zero-order valence-corrected chi connectivity index (χ0v) is 15.8. The summed E-state index contributed by atoms with van der Waals surface area (Å²) in [6.07, 6.45) is 0. The zero-order valence-electron chi connectivity index (χ0n) is 13.0. The summed E-state index contributed by atoms with van der Waals surface area (Å²) in [5, 5.41) is 7.10. The number of hydrogen-bond acceptors (Lipinski definition) is 2. The van der Waals surface area contributed by atoms with Crippen LogP contribution in [0.25, 0.3) is 5.32 Å². The second-order valence-corrected chi connectivity index (χ2v) is 3.67. The fourth-order valence-corrected chi connectivity index (χ4v) is 1.38. The summed E-state index contributed by atoms with van der Waals surface area (Å²) in [5.74, 6) is 0.122. The molecule has 4 nitrogen and oxygen atoms in total. The number of rotatable bonds is 3. The van der Waals surface area contributed by atoms with E-state index in [1.54, 1.807) is 0 Å². The number of nitrogens with one attached hydrogen (secondary N) is 1. The normalized spacial score (nSPS) is 14.4. The molecule has 1 saturated heterocycles. The number of carbonyl (C=O) groups excluding carboxylic acids is 1. The molecule has 107 valence electrons. The summed E-state index contributed by atoms with van der Waals surface area (Å²) < 4.78 is 0. The maximum atomic E-state index is 11.3. The van der Waals surface area contributed by atoms with Gasteiger partial charge in [0.15, 0.2) is 0 Å². The van der Waals surface area contributed by atoms with Gasteiger partial charge in [0.1, 0.15) is 0 Å². The molecule has 0 unspecified atom stereocenters. The Morgan fingerprint density at radius 1 is 1.17 bits per heavy atom. The first kappa shape index (κ1) is 23.6. The minimum atomic E-state index is 0. The Morgan fingerprint density at radius 3 is 2.00 bits per heavy atom. The standard InChI is InChI=1S/C9H18N3O.2C2H6.Y/c1-8(2)11-9(13)7-12-5-3-10-4-6-12;2*1-2;/h8H,3-7H2,1-2H3,(H,11,13);2*1-2H3;/q-1;;;. The SMILES string of the molecule is CC.CC.CC(C)NC(=O)CN1CC[N-]CC1.[Y]. The van der Waals surface area contributed by atoms with Crippen molar-refractivity contribution >= 4 is 5.91 Å². The van der Waals surface area contributed by atoms with Crippen molar-refractivity contribution in [1.29, 1.82) is 0 Å². The van der Waals surface area contributed by atoms with E-state index in [4.69, 9.17) is 0 Å². The van der Waals surface area contributed by atoms with Crippen LogP contribution in [0, 0.1) is 0 Å². The van der Waals surface area contributed by atoms with Crippen molar-refractivity contribution < 1.29 is 37.5 Å². The van der Waals surface area contributed by atoms with E-state index in [-0.39, 0.29) is 44.7 Å². The molecule has 0 spiro atoms. The van der Waals surface area contributed by atoms with Gasteiger partial charge in [-0.1, -0.05) is 27.7 Å². The van der Waals surface area contributed by atoms with Gasteiger partial charge in [0.25, 0.3) is 0 Å². The fourth-order valence-electron chi connectivity index (χ4n) is 1.38. The van der Waals surface area contributed by atoms with Gasteiger partial charge in [0.2, 0.25) is 5.91 Å². The summed E-state index contributed by atoms with van der Waals surface area (Å²) in [6.45, 7) is 16.1. The summed E-state index contributed by atoms with van der Waals surface area (Å²) in [7, 11) is 0. The Hall–Kier alpha value is 0.494. The molecule has 0 aromatic heterocycles. The largest absolute Gasteiger partial charge is 0.660 e. The minimum Gasteiger partial charge on any atom is -0.660 e. The molecule has 0 saturated carbocycles. The van der Waals surface area contributed by atoms with Crippen molar-refractivity contribution in [2.75, 3.05) is 32.7 Å². The molecule has 1 amide bonds. The van der Waals surface area contributed by atoms with Crippen molar-refractivity contribution in [3.05, 3.63) is 5.32 Å². The van der Waals surface area contributed by atoms with Crippen molar-refractivity contribution in [1.82, 2.24) is 10.2 Å². The molecule has 1 fully saturated rings. The molecule has 1 heterocycles. The zero-order chi connectivity index (χ0) is 13.7. The number of carbonyl (C=O) groups is 1. The van der Waals surface area contributed by atoms with E-state index < -0.39 is 0 Å². The first-order valence-corrected chi connectivity index (χ1v) is 6.83. The molecule has 1 rings (SSSR count). The first-order valence-electron chi connectivity index (χ1n) is 6.83. The molecule has 0 aromatic rings. The average Bonchev–Trinajstić information content (AvgIpc) is 2.34. The molecule has 0 bridgehead atoms. The van der Waals surface area contributed by atoms with Crippen molar-refractivity contribution in [3.8, 4) is 0 Å². The van der Waals surface area contributed by atoms with Gasteiger partial charge in [-0.25, -0.2) is 0 Å². The summed E-state index contributed by atoms with van der Waals surface area (Å²) in [6, 6.07) is 0.238. The Balaban J connectivity index is -0.000000409. The Morgan fingerprint density at radius 2 is 1.61 bits per heavy atom. The second kappa shape index (κ2) is 17.5. The van der Waals surface area contributed by atoms with Gasteiger partial charge in [0.05, 0.1) is 6.54 Å². The fraction of sp³-hybridized carbons (Fsp3) is 0.923. The number of hydrogen-bond donors (Lipinski definition) is 1. The first-order chi connectivity index (χ1) is 8.18. The van der Waals surface area contributed by atoms with Gasteiger partial charge in [-0.15, -0.1) is 13.1 Å². The van der Waals surface area contributed by atoms with E-state index in [1.165, 1.54) is 0 Å². The minimum absolute atomic E-state index is 0. The van der Waals surface area contributed by atoms with E-state index in [2.05, 4.69) is 15.5 Å². The van der Waals surface area contributed by atoms with E-state index >= 15 is 0 Å². The monoisotopic (exact) mass is 333 g/mol. The van der Waals surface area contributed by atoms with Crippen LogP contribution >= 0.6 is 0 Å². The molecule has 0 aliphatic carbocycles. The second-order valence-electron chi connectivity index (χ2n) is 3.67. The Labute approximate surface area is 139 Å². The van der Waals surface area contributed by atoms with Crippen LogP contribution in [0.3, 0.4) is 0 Å². The average molecular weight is 333 g/mol. The summed E-state index contributed by atoms with van der Waals surface area (Å²) >= 11 is 0. The van der Waals surface area contributed by atoms with E-state index in [1.807, 2.05) is 41.5 Å². The van der Waals surface area contributed by atoms with Crippen LogP contribution in [0.15, 0.2) is 0 Å². The third-order valence-corrected chi connectivity index (χ3v) is 1.97. The molecular weight excluding hydrogens is 303 g/mol. The van der Waals surface area contributed by atoms with Gasteiger partial charge in [0, 0.05) is 38.8 Å². The van der Waals surface area contributed by atoms with Gasteiger partial charge >= 0.3 is 0 Å². The van der Waals surface area contributed by atoms with Crippen LogP contribution in [0.2, 0.25) is 0 Å². The quantitative estimate of drug-likeness (QED) is 0.861. The van der Waals surface area contributed by atoms with Gasteiger partial charge in [-0.05, 0) is 26.9 Å². The number of nitrogens with zero attached hydrogens (tertiary/aromatic N) is 2. The van der Waals surface area contributed by atoms with Gasteiger partial charge < -0.3 is 10.6 Å². The number of amides is 1. The van der Waals surface area contributed by atoms with Crippen molar-refractivity contribution in [2.24, 2.45) is 0 Å². The van der Waals surface area contributed by atoms with Crippen LogP contribution < -0.4 is 5.32 Å². The van der Waals surface area contributed by atoms with Crippen LogP contribution in [0.4, 0.5) is 0 Å². The maximum absolute atomic E-state index is 11.3. The molecule has 18 heavy (non-hydrogen) atoms. The maximum Gasteiger partial charge on any atom is 0.234 e. The summed E-state index contributed by atoms with van der Waals surface area (Å²) in [4.78, 5) is 13.5. The van der Waals surface area contributed by atoms with Crippen LogP contribution in [-0.2, 0) is 37.5 Å². The topological polar surface area (TPSA) is 46.4 Å². The molecule has 1 aliphatic heterocycles. The van der Waals surface area contributed by atoms with E-state index in [9.17, 15) is 4.79 Å². The number of piperazine rings is 1. The predicted octanol–water partition coefficient (Wildman–Crippen LogP) is 2.25. The third-order valence-electron chi connectivity index (χ3n) is 1.97. The van der Waals surface area contributed by atoms with Crippen LogP contribution in [0.5, 0.6) is 0 Å². The van der Waals surface area contributed by atoms with Crippen molar-refractivity contribution in [3.63, 3.8) is 0 Å². The molecule has 5 heteroatoms.